The number of anilines is 2. The maximum atomic E-state index is 13.4. The summed E-state index contributed by atoms with van der Waals surface area (Å²) in [6, 6.07) is 6.00. The van der Waals surface area contributed by atoms with E-state index < -0.39 is 41.2 Å². The average Bonchev–Trinajstić information content (AvgIpc) is 2.99. The van der Waals surface area contributed by atoms with Crippen LogP contribution in [-0.4, -0.2) is 54.5 Å². The molecule has 190 valence electrons. The van der Waals surface area contributed by atoms with Crippen molar-refractivity contribution < 1.29 is 40.3 Å². The van der Waals surface area contributed by atoms with Crippen LogP contribution in [0.15, 0.2) is 42.5 Å². The van der Waals surface area contributed by atoms with Crippen LogP contribution < -0.4 is 10.6 Å². The molecule has 1 aliphatic rings. The summed E-state index contributed by atoms with van der Waals surface area (Å²) in [5.74, 6) is -2.12. The number of hydrogen-bond acceptors (Lipinski definition) is 3. The van der Waals surface area contributed by atoms with Crippen molar-refractivity contribution >= 4 is 23.3 Å². The first-order valence-electron chi connectivity index (χ1n) is 10.5. The molecule has 0 spiro atoms. The monoisotopic (exact) mass is 506 g/mol. The van der Waals surface area contributed by atoms with Crippen LogP contribution >= 0.6 is 0 Å². The number of para-hydroxylation sites is 1. The average molecular weight is 506 g/mol. The molecule has 2 aromatic rings. The first-order valence-corrected chi connectivity index (χ1v) is 10.5. The first kappa shape index (κ1) is 26.3. The van der Waals surface area contributed by atoms with E-state index in [9.17, 15) is 40.3 Å². The molecule has 1 saturated heterocycles. The molecule has 2 aromatic carbocycles. The fourth-order valence-corrected chi connectivity index (χ4v) is 3.59. The van der Waals surface area contributed by atoms with Crippen LogP contribution in [0.25, 0.3) is 0 Å². The van der Waals surface area contributed by atoms with Gasteiger partial charge in [0.1, 0.15) is 5.82 Å². The lowest BCUT2D eigenvalue weighted by atomic mass is 10.1. The van der Waals surface area contributed by atoms with Gasteiger partial charge < -0.3 is 15.5 Å². The minimum absolute atomic E-state index is 0.117. The van der Waals surface area contributed by atoms with Gasteiger partial charge in [-0.1, -0.05) is 12.1 Å². The molecular weight excluding hydrogens is 485 g/mol. The molecule has 0 atom stereocenters. The lowest BCUT2D eigenvalue weighted by molar-refractivity contribution is -0.140. The Morgan fingerprint density at radius 1 is 0.829 bits per heavy atom. The van der Waals surface area contributed by atoms with Gasteiger partial charge in [0, 0.05) is 31.9 Å². The van der Waals surface area contributed by atoms with Crippen LogP contribution in [0, 0.1) is 5.82 Å². The molecule has 0 radical (unpaired) electrons. The van der Waals surface area contributed by atoms with Gasteiger partial charge in [0.25, 0.3) is 0 Å². The van der Waals surface area contributed by atoms with Crippen LogP contribution in [0.4, 0.5) is 46.9 Å². The van der Waals surface area contributed by atoms with E-state index in [-0.39, 0.29) is 37.6 Å². The van der Waals surface area contributed by atoms with E-state index in [1.54, 1.807) is 4.90 Å². The van der Waals surface area contributed by atoms with E-state index in [0.717, 1.165) is 18.2 Å². The van der Waals surface area contributed by atoms with E-state index in [4.69, 9.17) is 0 Å². The molecule has 35 heavy (non-hydrogen) atoms. The molecular formula is C22H21F7N4O2. The third-order valence-electron chi connectivity index (χ3n) is 5.27. The van der Waals surface area contributed by atoms with Crippen LogP contribution in [-0.2, 0) is 17.1 Å². The van der Waals surface area contributed by atoms with E-state index in [1.807, 2.05) is 0 Å². The molecule has 6 nitrogen and oxygen atoms in total. The fraction of sp³-hybridized carbons (Fsp3) is 0.364. The Morgan fingerprint density at radius 2 is 1.51 bits per heavy atom. The molecule has 2 N–H and O–H groups in total. The molecule has 0 unspecified atom stereocenters. The maximum Gasteiger partial charge on any atom is 0.419 e. The number of alkyl halides is 6. The minimum atomic E-state index is -4.92. The second kappa shape index (κ2) is 10.5. The highest BCUT2D eigenvalue weighted by Crippen LogP contribution is 2.35. The Balaban J connectivity index is 1.56. The van der Waals surface area contributed by atoms with Crippen molar-refractivity contribution in [2.45, 2.75) is 18.8 Å². The molecule has 0 aliphatic carbocycles. The first-order chi connectivity index (χ1) is 16.3. The summed E-state index contributed by atoms with van der Waals surface area (Å²) in [6.45, 7) is 0.709. The number of hydrogen-bond donors (Lipinski definition) is 2. The maximum absolute atomic E-state index is 13.4. The summed E-state index contributed by atoms with van der Waals surface area (Å²) in [7, 11) is 0. The predicted molar refractivity (Wildman–Crippen MR) is 113 cm³/mol. The molecule has 0 aromatic heterocycles. The zero-order valence-corrected chi connectivity index (χ0v) is 18.1. The fourth-order valence-electron chi connectivity index (χ4n) is 3.59. The number of benzene rings is 2. The van der Waals surface area contributed by atoms with Crippen molar-refractivity contribution in [3.05, 3.63) is 59.4 Å². The number of amides is 3. The Hall–Kier alpha value is -3.35. The molecule has 3 amide bonds. The Kier molecular flexibility index (Phi) is 7.88. The topological polar surface area (TPSA) is 64.7 Å². The number of carbonyl (C=O) groups is 2. The SMILES string of the molecule is O=C(CN1CCCN(C(=O)Nc2ccc(F)c(C(F)(F)F)c2)CC1)Nc1ccccc1C(F)(F)F. The summed E-state index contributed by atoms with van der Waals surface area (Å²) >= 11 is 0. The summed E-state index contributed by atoms with van der Waals surface area (Å²) < 4.78 is 91.4. The van der Waals surface area contributed by atoms with Gasteiger partial charge in [-0.2, -0.15) is 26.3 Å². The van der Waals surface area contributed by atoms with Crippen LogP contribution in [0.1, 0.15) is 17.5 Å². The van der Waals surface area contributed by atoms with Gasteiger partial charge >= 0.3 is 18.4 Å². The van der Waals surface area contributed by atoms with Crippen molar-refractivity contribution in [2.75, 3.05) is 43.4 Å². The summed E-state index contributed by atoms with van der Waals surface area (Å²) in [5, 5.41) is 4.56. The number of urea groups is 1. The van der Waals surface area contributed by atoms with E-state index in [1.165, 1.54) is 17.0 Å². The normalized spacial score (nSPS) is 15.5. The number of nitrogens with one attached hydrogen (secondary N) is 2. The Morgan fingerprint density at radius 3 is 2.20 bits per heavy atom. The van der Waals surface area contributed by atoms with Crippen LogP contribution in [0.3, 0.4) is 0 Å². The van der Waals surface area contributed by atoms with Gasteiger partial charge in [-0.25, -0.2) is 9.18 Å². The van der Waals surface area contributed by atoms with Gasteiger partial charge in [-0.05, 0) is 36.8 Å². The lowest BCUT2D eigenvalue weighted by Gasteiger charge is -2.22. The van der Waals surface area contributed by atoms with Crippen LogP contribution in [0.5, 0.6) is 0 Å². The predicted octanol–water partition coefficient (Wildman–Crippen LogP) is 5.04. The zero-order valence-electron chi connectivity index (χ0n) is 18.1. The van der Waals surface area contributed by atoms with E-state index in [2.05, 4.69) is 10.6 Å². The summed E-state index contributed by atoms with van der Waals surface area (Å²) in [5.41, 5.74) is -3.07. The zero-order chi connectivity index (χ0) is 25.8. The smallest absolute Gasteiger partial charge is 0.324 e. The van der Waals surface area contributed by atoms with Crippen molar-refractivity contribution in [3.63, 3.8) is 0 Å². The lowest BCUT2D eigenvalue weighted by Crippen LogP contribution is -2.39. The Labute approximate surface area is 195 Å². The van der Waals surface area contributed by atoms with Crippen molar-refractivity contribution in [2.24, 2.45) is 0 Å². The van der Waals surface area contributed by atoms with Gasteiger partial charge in [-0.3, -0.25) is 9.69 Å². The van der Waals surface area contributed by atoms with E-state index in [0.29, 0.717) is 25.1 Å². The number of nitrogens with zero attached hydrogens (tertiary/aromatic N) is 2. The highest BCUT2D eigenvalue weighted by molar-refractivity contribution is 5.93. The molecule has 0 saturated carbocycles. The van der Waals surface area contributed by atoms with Gasteiger partial charge in [0.2, 0.25) is 5.91 Å². The van der Waals surface area contributed by atoms with Crippen molar-refractivity contribution in [3.8, 4) is 0 Å². The molecule has 13 heteroatoms. The van der Waals surface area contributed by atoms with E-state index >= 15 is 0 Å². The highest BCUT2D eigenvalue weighted by atomic mass is 19.4. The third kappa shape index (κ3) is 7.07. The minimum Gasteiger partial charge on any atom is -0.324 e. The molecule has 1 aliphatic heterocycles. The van der Waals surface area contributed by atoms with Gasteiger partial charge in [0.15, 0.2) is 0 Å². The molecule has 3 rings (SSSR count). The second-order valence-electron chi connectivity index (χ2n) is 7.83. The molecule has 1 heterocycles. The number of rotatable bonds is 4. The third-order valence-corrected chi connectivity index (χ3v) is 5.27. The summed E-state index contributed by atoms with van der Waals surface area (Å²) in [6.07, 6.45) is -9.14. The Bertz CT molecular complexity index is 1070. The number of halogens is 7. The quantitative estimate of drug-likeness (QED) is 0.572. The van der Waals surface area contributed by atoms with Crippen molar-refractivity contribution in [1.82, 2.24) is 9.80 Å². The highest BCUT2D eigenvalue weighted by Gasteiger charge is 2.35. The molecule has 1 fully saturated rings. The van der Waals surface area contributed by atoms with Gasteiger partial charge in [-0.15, -0.1) is 0 Å². The second-order valence-corrected chi connectivity index (χ2v) is 7.83. The summed E-state index contributed by atoms with van der Waals surface area (Å²) in [4.78, 5) is 27.8. The van der Waals surface area contributed by atoms with Gasteiger partial charge in [0.05, 0.1) is 23.4 Å². The number of carbonyl (C=O) groups excluding carboxylic acids is 2. The standard InChI is InChI=1S/C22H21F7N4O2/c23-17-7-6-14(12-16(17)22(27,28)29)30-20(35)33-9-3-8-32(10-11-33)13-19(34)31-18-5-2-1-4-15(18)21(24,25)26/h1-2,4-7,12H,3,8-11,13H2,(H,30,35)(H,31,34). The largest absolute Gasteiger partial charge is 0.419 e. The van der Waals surface area contributed by atoms with Crippen molar-refractivity contribution in [1.29, 1.82) is 0 Å². The van der Waals surface area contributed by atoms with Crippen LogP contribution in [0.2, 0.25) is 0 Å². The molecule has 0 bridgehead atoms.